The van der Waals surface area contributed by atoms with Gasteiger partial charge in [0.05, 0.1) is 22.5 Å². The molecule has 0 aliphatic rings. The molecule has 0 aliphatic heterocycles. The number of rotatable bonds is 4. The Balaban J connectivity index is 0.00000272. The second-order valence-corrected chi connectivity index (χ2v) is 8.20. The predicted octanol–water partition coefficient (Wildman–Crippen LogP) is 2.46. The normalized spacial score (nSPS) is 11.5. The van der Waals surface area contributed by atoms with Crippen LogP contribution in [0.2, 0.25) is 5.02 Å². The van der Waals surface area contributed by atoms with Crippen molar-refractivity contribution in [3.05, 3.63) is 77.9 Å². The van der Waals surface area contributed by atoms with Crippen molar-refractivity contribution in [2.45, 2.75) is 4.90 Å². The number of benzene rings is 3. The van der Waals surface area contributed by atoms with Crippen molar-refractivity contribution >= 4 is 49.6 Å². The standard InChI is InChI=1S/C21H15ClN4O3S.Na/c22-14-7-5-13(6-8-14)18-10-9-15(12-24-18)25-26-19-11-20(30(27,28)29)16-3-1-2-4-17(16)21(19)23;/h1-12H,23H2,(H,27,28,29);/q;+1/p-1. The van der Waals surface area contributed by atoms with Gasteiger partial charge < -0.3 is 10.3 Å². The van der Waals surface area contributed by atoms with Gasteiger partial charge >= 0.3 is 29.6 Å². The van der Waals surface area contributed by atoms with Crippen LogP contribution >= 0.6 is 11.6 Å². The average Bonchev–Trinajstić information content (AvgIpc) is 2.73. The SMILES string of the molecule is Nc1c(N=Nc2ccc(-c3ccc(Cl)cc3)nc2)cc(S(=O)(=O)[O-])c2ccccc12.[Na+]. The summed E-state index contributed by atoms with van der Waals surface area (Å²) in [6, 6.07) is 18.4. The van der Waals surface area contributed by atoms with Gasteiger partial charge in [0.15, 0.2) is 0 Å². The van der Waals surface area contributed by atoms with E-state index in [0.29, 0.717) is 16.1 Å². The summed E-state index contributed by atoms with van der Waals surface area (Å²) in [5, 5.41) is 9.43. The minimum absolute atomic E-state index is 0. The fourth-order valence-electron chi connectivity index (χ4n) is 2.99. The summed E-state index contributed by atoms with van der Waals surface area (Å²) < 4.78 is 35.1. The van der Waals surface area contributed by atoms with Crippen molar-refractivity contribution in [2.75, 3.05) is 5.73 Å². The molecule has 0 bridgehead atoms. The zero-order chi connectivity index (χ0) is 21.3. The van der Waals surface area contributed by atoms with E-state index in [1.165, 1.54) is 12.3 Å². The summed E-state index contributed by atoms with van der Waals surface area (Å²) in [4.78, 5) is 3.95. The molecule has 7 nitrogen and oxygen atoms in total. The van der Waals surface area contributed by atoms with Gasteiger partial charge in [0.2, 0.25) is 0 Å². The maximum Gasteiger partial charge on any atom is 1.00 e. The van der Waals surface area contributed by atoms with Gasteiger partial charge in [0, 0.05) is 21.4 Å². The number of hydrogen-bond donors (Lipinski definition) is 1. The number of nitrogens with two attached hydrogens (primary N) is 1. The first-order chi connectivity index (χ1) is 14.3. The van der Waals surface area contributed by atoms with Gasteiger partial charge in [-0.2, -0.15) is 0 Å². The van der Waals surface area contributed by atoms with Gasteiger partial charge in [-0.1, -0.05) is 48.0 Å². The molecule has 0 radical (unpaired) electrons. The second-order valence-electron chi connectivity index (χ2n) is 6.42. The van der Waals surface area contributed by atoms with Crippen molar-refractivity contribution < 1.29 is 42.5 Å². The zero-order valence-corrected chi connectivity index (χ0v) is 19.9. The van der Waals surface area contributed by atoms with E-state index in [4.69, 9.17) is 17.3 Å². The van der Waals surface area contributed by atoms with E-state index in [2.05, 4.69) is 15.2 Å². The predicted molar refractivity (Wildman–Crippen MR) is 115 cm³/mol. The van der Waals surface area contributed by atoms with Gasteiger partial charge in [0.25, 0.3) is 0 Å². The third-order valence-electron chi connectivity index (χ3n) is 4.46. The van der Waals surface area contributed by atoms with Gasteiger partial charge in [-0.25, -0.2) is 8.42 Å². The van der Waals surface area contributed by atoms with Crippen LogP contribution in [0.5, 0.6) is 0 Å². The fourth-order valence-corrected chi connectivity index (χ4v) is 3.82. The largest absolute Gasteiger partial charge is 1.00 e. The Bertz CT molecular complexity index is 1380. The smallest absolute Gasteiger partial charge is 0.744 e. The molecule has 0 saturated heterocycles. The first-order valence-electron chi connectivity index (χ1n) is 8.74. The van der Waals surface area contributed by atoms with Crippen molar-refractivity contribution in [3.8, 4) is 11.3 Å². The van der Waals surface area contributed by atoms with Crippen LogP contribution in [0.3, 0.4) is 0 Å². The van der Waals surface area contributed by atoms with Crippen molar-refractivity contribution in [2.24, 2.45) is 10.2 Å². The van der Waals surface area contributed by atoms with Crippen LogP contribution in [0, 0.1) is 0 Å². The molecule has 0 unspecified atom stereocenters. The number of halogens is 1. The topological polar surface area (TPSA) is 121 Å². The molecule has 0 spiro atoms. The Morgan fingerprint density at radius 1 is 0.935 bits per heavy atom. The molecular formula is C21H14ClN4NaO3S. The van der Waals surface area contributed by atoms with E-state index in [1.807, 2.05) is 12.1 Å². The molecule has 0 fully saturated rings. The third kappa shape index (κ3) is 5.12. The molecule has 0 aliphatic carbocycles. The summed E-state index contributed by atoms with van der Waals surface area (Å²) in [6.45, 7) is 0. The Labute approximate surface area is 206 Å². The summed E-state index contributed by atoms with van der Waals surface area (Å²) in [6.07, 6.45) is 1.52. The minimum Gasteiger partial charge on any atom is -0.744 e. The first kappa shape index (κ1) is 23.3. The van der Waals surface area contributed by atoms with Crippen LogP contribution < -0.4 is 35.3 Å². The Hall–Kier alpha value is -2.33. The maximum atomic E-state index is 11.7. The van der Waals surface area contributed by atoms with E-state index >= 15 is 0 Å². The maximum absolute atomic E-state index is 11.7. The Morgan fingerprint density at radius 2 is 1.61 bits per heavy atom. The molecule has 10 heteroatoms. The number of anilines is 1. The minimum atomic E-state index is -4.72. The molecule has 4 aromatic rings. The second kappa shape index (κ2) is 9.44. The molecule has 0 saturated carbocycles. The van der Waals surface area contributed by atoms with Gasteiger partial charge in [-0.05, 0) is 30.3 Å². The van der Waals surface area contributed by atoms with Gasteiger partial charge in [-0.15, -0.1) is 10.2 Å². The summed E-state index contributed by atoms with van der Waals surface area (Å²) in [5.74, 6) is 0. The average molecular weight is 461 g/mol. The van der Waals surface area contributed by atoms with E-state index < -0.39 is 15.0 Å². The van der Waals surface area contributed by atoms with Crippen LogP contribution in [0.15, 0.2) is 88.1 Å². The summed E-state index contributed by atoms with van der Waals surface area (Å²) in [5.41, 5.74) is 8.51. The van der Waals surface area contributed by atoms with E-state index in [1.54, 1.807) is 42.5 Å². The molecule has 31 heavy (non-hydrogen) atoms. The molecule has 3 aromatic carbocycles. The van der Waals surface area contributed by atoms with Crippen molar-refractivity contribution in [1.82, 2.24) is 4.98 Å². The summed E-state index contributed by atoms with van der Waals surface area (Å²) >= 11 is 5.90. The third-order valence-corrected chi connectivity index (χ3v) is 5.59. The summed E-state index contributed by atoms with van der Waals surface area (Å²) in [7, 11) is -4.72. The first-order valence-corrected chi connectivity index (χ1v) is 10.5. The Morgan fingerprint density at radius 3 is 2.23 bits per heavy atom. The van der Waals surface area contributed by atoms with E-state index in [9.17, 15) is 13.0 Å². The monoisotopic (exact) mass is 460 g/mol. The fraction of sp³-hybridized carbons (Fsp3) is 0. The molecule has 1 aromatic heterocycles. The molecule has 0 amide bonds. The molecule has 150 valence electrons. The van der Waals surface area contributed by atoms with Gasteiger partial charge in [-0.3, -0.25) is 4.98 Å². The van der Waals surface area contributed by atoms with Crippen LogP contribution in [-0.4, -0.2) is 18.0 Å². The number of hydrogen-bond acceptors (Lipinski definition) is 7. The molecule has 4 rings (SSSR count). The number of nitrogen functional groups attached to an aromatic ring is 1. The number of aromatic nitrogens is 1. The van der Waals surface area contributed by atoms with Crippen LogP contribution in [0.4, 0.5) is 17.1 Å². The molecule has 2 N–H and O–H groups in total. The quantitative estimate of drug-likeness (QED) is 0.217. The van der Waals surface area contributed by atoms with Crippen LogP contribution in [0.1, 0.15) is 0 Å². The number of fused-ring (bicyclic) bond motifs is 1. The van der Waals surface area contributed by atoms with Crippen molar-refractivity contribution in [1.29, 1.82) is 0 Å². The molecule has 1 heterocycles. The van der Waals surface area contributed by atoms with Crippen molar-refractivity contribution in [3.63, 3.8) is 0 Å². The Kier molecular flexibility index (Phi) is 7.10. The zero-order valence-electron chi connectivity index (χ0n) is 16.4. The van der Waals surface area contributed by atoms with Crippen LogP contribution in [-0.2, 0) is 10.1 Å². The van der Waals surface area contributed by atoms with E-state index in [0.717, 1.165) is 17.3 Å². The van der Waals surface area contributed by atoms with Crippen LogP contribution in [0.25, 0.3) is 22.0 Å². The van der Waals surface area contributed by atoms with E-state index in [-0.39, 0.29) is 46.3 Å². The number of azo groups is 1. The number of pyridine rings is 1. The molecule has 0 atom stereocenters. The number of nitrogens with zero attached hydrogens (tertiary/aromatic N) is 3. The molecular weight excluding hydrogens is 447 g/mol. The van der Waals surface area contributed by atoms with Gasteiger partial charge in [0.1, 0.15) is 21.5 Å².